The van der Waals surface area contributed by atoms with Gasteiger partial charge in [-0.3, -0.25) is 16.3 Å². The van der Waals surface area contributed by atoms with Gasteiger partial charge in [-0.1, -0.05) is 0 Å². The Kier molecular flexibility index (Phi) is 3.90. The van der Waals surface area contributed by atoms with Crippen LogP contribution >= 0.6 is 0 Å². The highest BCUT2D eigenvalue weighted by Crippen LogP contribution is 2.03. The first kappa shape index (κ1) is 11.3. The van der Waals surface area contributed by atoms with Crippen molar-refractivity contribution in [3.63, 3.8) is 0 Å². The summed E-state index contributed by atoms with van der Waals surface area (Å²) in [6.45, 7) is 0.192. The molecule has 0 aromatic carbocycles. The highest BCUT2D eigenvalue weighted by Gasteiger charge is 2.08. The minimum atomic E-state index is -0.452. The summed E-state index contributed by atoms with van der Waals surface area (Å²) in [5, 5.41) is 7.57. The molecule has 6 heteroatoms. The van der Waals surface area contributed by atoms with Crippen molar-refractivity contribution < 1.29 is 9.53 Å². The molecule has 0 aliphatic carbocycles. The Morgan fingerprint density at radius 1 is 1.73 bits per heavy atom. The van der Waals surface area contributed by atoms with Gasteiger partial charge in [0, 0.05) is 6.20 Å². The van der Waals surface area contributed by atoms with Crippen LogP contribution in [0, 0.1) is 5.41 Å². The largest absolute Gasteiger partial charge is 0.465 e. The first-order valence-corrected chi connectivity index (χ1v) is 4.24. The molecule has 0 fully saturated rings. The summed E-state index contributed by atoms with van der Waals surface area (Å²) in [6, 6.07) is 3.02. The van der Waals surface area contributed by atoms with Crippen LogP contribution in [0.3, 0.4) is 0 Å². The number of carbonyl (C=O) groups is 1. The first-order chi connectivity index (χ1) is 7.19. The Morgan fingerprint density at radius 3 is 3.07 bits per heavy atom. The van der Waals surface area contributed by atoms with Crippen LogP contribution in [0.15, 0.2) is 18.3 Å². The molecule has 0 amide bonds. The van der Waals surface area contributed by atoms with Crippen LogP contribution in [0.2, 0.25) is 0 Å². The molecule has 0 saturated heterocycles. The molecule has 0 aliphatic rings. The first-order valence-electron chi connectivity index (χ1n) is 4.24. The molecule has 0 bridgehead atoms. The number of nitrogens with two attached hydrogens (primary N) is 1. The lowest BCUT2D eigenvalue weighted by Gasteiger charge is -2.04. The molecule has 4 N–H and O–H groups in total. The van der Waals surface area contributed by atoms with E-state index in [2.05, 4.69) is 15.1 Å². The van der Waals surface area contributed by atoms with Crippen molar-refractivity contribution in [3.05, 3.63) is 29.6 Å². The number of esters is 1. The minimum Gasteiger partial charge on any atom is -0.465 e. The summed E-state index contributed by atoms with van der Waals surface area (Å²) in [7, 11) is 1.30. The van der Waals surface area contributed by atoms with Crippen LogP contribution < -0.4 is 11.3 Å². The minimum absolute atomic E-state index is 0.192. The maximum atomic E-state index is 11.2. The van der Waals surface area contributed by atoms with E-state index in [0.29, 0.717) is 11.3 Å². The van der Waals surface area contributed by atoms with E-state index in [1.807, 2.05) is 0 Å². The fraction of sp³-hybridized carbons (Fsp3) is 0.222. The van der Waals surface area contributed by atoms with Crippen molar-refractivity contribution in [1.82, 2.24) is 10.4 Å². The zero-order valence-electron chi connectivity index (χ0n) is 8.28. The molecule has 1 aromatic rings. The van der Waals surface area contributed by atoms with Gasteiger partial charge >= 0.3 is 5.97 Å². The van der Waals surface area contributed by atoms with Gasteiger partial charge in [0.25, 0.3) is 0 Å². The molecule has 0 atom stereocenters. The number of nitrogens with one attached hydrogen (secondary N) is 2. The molecule has 0 aliphatic heterocycles. The highest BCUT2D eigenvalue weighted by atomic mass is 16.5. The van der Waals surface area contributed by atoms with Gasteiger partial charge in [0.1, 0.15) is 0 Å². The third kappa shape index (κ3) is 2.83. The van der Waals surface area contributed by atoms with Gasteiger partial charge in [0.15, 0.2) is 0 Å². The van der Waals surface area contributed by atoms with Crippen molar-refractivity contribution in [1.29, 1.82) is 5.41 Å². The number of hydrogen-bond acceptors (Lipinski definition) is 6. The average molecular weight is 208 g/mol. The maximum Gasteiger partial charge on any atom is 0.337 e. The fourth-order valence-corrected chi connectivity index (χ4v) is 1.03. The van der Waals surface area contributed by atoms with Gasteiger partial charge in [-0.15, -0.1) is 0 Å². The third-order valence-corrected chi connectivity index (χ3v) is 1.77. The Balaban J connectivity index is 2.92. The summed E-state index contributed by atoms with van der Waals surface area (Å²) in [4.78, 5) is 15.1. The SMILES string of the molecule is COC(=O)c1ccnc(C(=N)CNN)c1. The summed E-state index contributed by atoms with van der Waals surface area (Å²) in [6.07, 6.45) is 1.45. The van der Waals surface area contributed by atoms with Crippen molar-refractivity contribution >= 4 is 11.7 Å². The molecule has 0 radical (unpaired) electrons. The molecule has 15 heavy (non-hydrogen) atoms. The van der Waals surface area contributed by atoms with E-state index in [0.717, 1.165) is 0 Å². The normalized spacial score (nSPS) is 9.73. The van der Waals surface area contributed by atoms with E-state index in [1.165, 1.54) is 25.4 Å². The molecule has 0 saturated carbocycles. The molecule has 1 heterocycles. The average Bonchev–Trinajstić information content (AvgIpc) is 2.28. The van der Waals surface area contributed by atoms with Crippen LogP contribution in [0.1, 0.15) is 16.1 Å². The number of hydrogen-bond donors (Lipinski definition) is 3. The second kappa shape index (κ2) is 5.18. The number of ether oxygens (including phenoxy) is 1. The molecule has 80 valence electrons. The number of hydrazine groups is 1. The standard InChI is InChI=1S/C9H12N4O2/c1-15-9(14)6-2-3-12-8(4-6)7(10)5-13-11/h2-4,10,13H,5,11H2,1H3. The topological polar surface area (TPSA) is 101 Å². The molecule has 6 nitrogen and oxygen atoms in total. The lowest BCUT2D eigenvalue weighted by atomic mass is 10.2. The number of rotatable bonds is 4. The van der Waals surface area contributed by atoms with E-state index < -0.39 is 5.97 Å². The Bertz CT molecular complexity index is 378. The monoisotopic (exact) mass is 208 g/mol. The summed E-state index contributed by atoms with van der Waals surface area (Å²) in [5.74, 6) is 4.63. The molecule has 0 unspecified atom stereocenters. The summed E-state index contributed by atoms with van der Waals surface area (Å²) < 4.78 is 4.55. The molecule has 1 aromatic heterocycles. The fourth-order valence-electron chi connectivity index (χ4n) is 1.03. The number of methoxy groups -OCH3 is 1. The lowest BCUT2D eigenvalue weighted by molar-refractivity contribution is 0.0600. The number of nitrogens with zero attached hydrogens (tertiary/aromatic N) is 1. The Morgan fingerprint density at radius 2 is 2.47 bits per heavy atom. The van der Waals surface area contributed by atoms with Gasteiger partial charge < -0.3 is 10.1 Å². The van der Waals surface area contributed by atoms with Crippen molar-refractivity contribution in [2.24, 2.45) is 5.84 Å². The van der Waals surface area contributed by atoms with Crippen molar-refractivity contribution in [2.75, 3.05) is 13.7 Å². The van der Waals surface area contributed by atoms with E-state index in [1.54, 1.807) is 0 Å². The van der Waals surface area contributed by atoms with Gasteiger partial charge in [-0.2, -0.15) is 0 Å². The number of carbonyl (C=O) groups excluding carboxylic acids is 1. The van der Waals surface area contributed by atoms with Crippen LogP contribution in [-0.4, -0.2) is 30.3 Å². The van der Waals surface area contributed by atoms with Gasteiger partial charge in [0.2, 0.25) is 0 Å². The number of aromatic nitrogens is 1. The second-order valence-corrected chi connectivity index (χ2v) is 2.78. The van der Waals surface area contributed by atoms with Gasteiger partial charge in [0.05, 0.1) is 30.6 Å². The smallest absolute Gasteiger partial charge is 0.337 e. The maximum absolute atomic E-state index is 11.2. The van der Waals surface area contributed by atoms with E-state index in [9.17, 15) is 4.79 Å². The van der Waals surface area contributed by atoms with E-state index in [4.69, 9.17) is 11.3 Å². The Hall–Kier alpha value is -1.79. The van der Waals surface area contributed by atoms with E-state index >= 15 is 0 Å². The zero-order chi connectivity index (χ0) is 11.3. The lowest BCUT2D eigenvalue weighted by Crippen LogP contribution is -2.29. The van der Waals surface area contributed by atoms with Crippen LogP contribution in [0.4, 0.5) is 0 Å². The number of pyridine rings is 1. The summed E-state index contributed by atoms with van der Waals surface area (Å²) >= 11 is 0. The van der Waals surface area contributed by atoms with Gasteiger partial charge in [-0.05, 0) is 12.1 Å². The van der Waals surface area contributed by atoms with Crippen molar-refractivity contribution in [3.8, 4) is 0 Å². The Labute approximate surface area is 86.9 Å². The van der Waals surface area contributed by atoms with E-state index in [-0.39, 0.29) is 12.3 Å². The predicted molar refractivity (Wildman–Crippen MR) is 54.6 cm³/mol. The second-order valence-electron chi connectivity index (χ2n) is 2.78. The van der Waals surface area contributed by atoms with Crippen molar-refractivity contribution in [2.45, 2.75) is 0 Å². The third-order valence-electron chi connectivity index (χ3n) is 1.77. The molecule has 0 spiro atoms. The molecular formula is C9H12N4O2. The zero-order valence-corrected chi connectivity index (χ0v) is 8.28. The van der Waals surface area contributed by atoms with Crippen LogP contribution in [0.5, 0.6) is 0 Å². The quantitative estimate of drug-likeness (QED) is 0.273. The van der Waals surface area contributed by atoms with Gasteiger partial charge in [-0.25, -0.2) is 4.79 Å². The molecule has 1 rings (SSSR count). The van der Waals surface area contributed by atoms with Crippen LogP contribution in [0.25, 0.3) is 0 Å². The summed E-state index contributed by atoms with van der Waals surface area (Å²) in [5.41, 5.74) is 3.32. The molecular weight excluding hydrogens is 196 g/mol. The highest BCUT2D eigenvalue weighted by molar-refractivity contribution is 6.00. The van der Waals surface area contributed by atoms with Crippen LogP contribution in [-0.2, 0) is 4.74 Å². The predicted octanol–water partition coefficient (Wildman–Crippen LogP) is -0.301.